The van der Waals surface area contributed by atoms with E-state index in [0.29, 0.717) is 18.9 Å². The van der Waals surface area contributed by atoms with E-state index in [-0.39, 0.29) is 11.8 Å². The van der Waals surface area contributed by atoms with Gasteiger partial charge in [0, 0.05) is 32.0 Å². The van der Waals surface area contributed by atoms with Crippen molar-refractivity contribution in [1.29, 1.82) is 0 Å². The molecule has 2 aromatic rings. The van der Waals surface area contributed by atoms with Crippen LogP contribution in [0.2, 0.25) is 0 Å². The summed E-state index contributed by atoms with van der Waals surface area (Å²) >= 11 is 0. The van der Waals surface area contributed by atoms with Crippen LogP contribution in [0.3, 0.4) is 0 Å². The molecule has 3 heterocycles. The first-order chi connectivity index (χ1) is 13.0. The molecule has 142 valence electrons. The second-order valence-electron chi connectivity index (χ2n) is 7.16. The van der Waals surface area contributed by atoms with Gasteiger partial charge in [-0.2, -0.15) is 5.10 Å². The summed E-state index contributed by atoms with van der Waals surface area (Å²) in [4.78, 5) is 35.1. The lowest BCUT2D eigenvalue weighted by molar-refractivity contribution is -0.119. The van der Waals surface area contributed by atoms with Crippen molar-refractivity contribution in [2.45, 2.75) is 19.3 Å². The van der Waals surface area contributed by atoms with E-state index in [1.807, 2.05) is 18.2 Å². The molecule has 0 unspecified atom stereocenters. The largest absolute Gasteiger partial charge is 0.314 e. The highest BCUT2D eigenvalue weighted by Crippen LogP contribution is 2.33. The summed E-state index contributed by atoms with van der Waals surface area (Å²) in [7, 11) is 3.50. The summed E-state index contributed by atoms with van der Waals surface area (Å²) in [6.07, 6.45) is 4.50. The van der Waals surface area contributed by atoms with E-state index in [1.54, 1.807) is 23.9 Å². The lowest BCUT2D eigenvalue weighted by atomic mass is 10.1. The maximum Gasteiger partial charge on any atom is 0.295 e. The fourth-order valence-electron chi connectivity index (χ4n) is 3.78. The summed E-state index contributed by atoms with van der Waals surface area (Å²) in [5.74, 6) is 0.213. The fraction of sp³-hybridized carbons (Fsp3) is 0.474. The van der Waals surface area contributed by atoms with Crippen molar-refractivity contribution in [3.8, 4) is 0 Å². The molecule has 0 saturated carbocycles. The smallest absolute Gasteiger partial charge is 0.295 e. The third-order valence-electron chi connectivity index (χ3n) is 5.43. The molecule has 0 bridgehead atoms. The molecule has 2 amide bonds. The number of rotatable bonds is 4. The van der Waals surface area contributed by atoms with E-state index >= 15 is 0 Å². The molecule has 27 heavy (non-hydrogen) atoms. The van der Waals surface area contributed by atoms with Crippen LogP contribution >= 0.6 is 0 Å². The molecular weight excluding hydrogens is 344 g/mol. The van der Waals surface area contributed by atoms with Gasteiger partial charge in [0.15, 0.2) is 0 Å². The van der Waals surface area contributed by atoms with Gasteiger partial charge < -0.3 is 9.80 Å². The Morgan fingerprint density at radius 3 is 2.67 bits per heavy atom. The topological polar surface area (TPSA) is 74.6 Å². The summed E-state index contributed by atoms with van der Waals surface area (Å²) in [6.45, 7) is 3.03. The molecule has 1 aromatic heterocycles. The molecule has 4 rings (SSSR count). The highest BCUT2D eigenvalue weighted by Gasteiger charge is 2.29. The van der Waals surface area contributed by atoms with Gasteiger partial charge in [0.25, 0.3) is 5.91 Å². The van der Waals surface area contributed by atoms with Crippen LogP contribution < -0.4 is 9.80 Å². The average molecular weight is 368 g/mol. The van der Waals surface area contributed by atoms with Crippen molar-refractivity contribution in [2.75, 3.05) is 43.0 Å². The summed E-state index contributed by atoms with van der Waals surface area (Å²) in [5, 5.41) is 3.98. The summed E-state index contributed by atoms with van der Waals surface area (Å²) < 4.78 is 1.48. The maximum atomic E-state index is 12.9. The van der Waals surface area contributed by atoms with Crippen LogP contribution in [0, 0.1) is 0 Å². The van der Waals surface area contributed by atoms with Crippen LogP contribution in [0.4, 0.5) is 11.4 Å². The van der Waals surface area contributed by atoms with Crippen LogP contribution in [-0.2, 0) is 18.3 Å². The van der Waals surface area contributed by atoms with Gasteiger partial charge >= 0.3 is 0 Å². The monoisotopic (exact) mass is 368 g/mol. The van der Waals surface area contributed by atoms with Gasteiger partial charge in [-0.25, -0.2) is 9.67 Å². The third kappa shape index (κ3) is 3.32. The highest BCUT2D eigenvalue weighted by molar-refractivity contribution is 6.05. The van der Waals surface area contributed by atoms with Crippen molar-refractivity contribution < 1.29 is 9.59 Å². The molecule has 8 heteroatoms. The van der Waals surface area contributed by atoms with Crippen LogP contribution in [0.1, 0.15) is 29.0 Å². The Morgan fingerprint density at radius 1 is 1.19 bits per heavy atom. The minimum absolute atomic E-state index is 0.0704. The number of nitrogens with zero attached hydrogens (tertiary/aromatic N) is 6. The first kappa shape index (κ1) is 17.7. The number of likely N-dealkylation sites (tertiary alicyclic amines) is 1. The van der Waals surface area contributed by atoms with E-state index in [4.69, 9.17) is 0 Å². The zero-order valence-electron chi connectivity index (χ0n) is 15.8. The van der Waals surface area contributed by atoms with Gasteiger partial charge in [0.2, 0.25) is 11.7 Å². The molecule has 0 N–H and O–H groups in total. The number of carbonyl (C=O) groups excluding carboxylic acids is 2. The third-order valence-corrected chi connectivity index (χ3v) is 5.43. The van der Waals surface area contributed by atoms with Crippen LogP contribution in [0.5, 0.6) is 0 Å². The van der Waals surface area contributed by atoms with Crippen molar-refractivity contribution in [1.82, 2.24) is 19.7 Å². The number of hydrogen-bond donors (Lipinski definition) is 0. The number of anilines is 2. The summed E-state index contributed by atoms with van der Waals surface area (Å²) in [5.41, 5.74) is 2.76. The normalized spacial score (nSPS) is 16.6. The lowest BCUT2D eigenvalue weighted by Gasteiger charge is -2.23. The SMILES string of the molecule is CN(C(=O)CN1CCCC1)c1ccc2c(c1)N(C(=O)c1ncnn1C)CC2. The van der Waals surface area contributed by atoms with Gasteiger partial charge in [-0.1, -0.05) is 6.07 Å². The first-order valence-corrected chi connectivity index (χ1v) is 9.32. The molecule has 0 atom stereocenters. The van der Waals surface area contributed by atoms with Crippen LogP contribution in [-0.4, -0.2) is 64.7 Å². The van der Waals surface area contributed by atoms with E-state index in [0.717, 1.165) is 49.3 Å². The van der Waals surface area contributed by atoms with Crippen molar-refractivity contribution in [3.05, 3.63) is 35.9 Å². The van der Waals surface area contributed by atoms with Crippen molar-refractivity contribution in [3.63, 3.8) is 0 Å². The Balaban J connectivity index is 1.54. The first-order valence-electron chi connectivity index (χ1n) is 9.32. The van der Waals surface area contributed by atoms with Gasteiger partial charge in [0.1, 0.15) is 6.33 Å². The predicted molar refractivity (Wildman–Crippen MR) is 102 cm³/mol. The molecule has 1 fully saturated rings. The Kier molecular flexibility index (Phi) is 4.65. The number of carbonyl (C=O) groups is 2. The quantitative estimate of drug-likeness (QED) is 0.807. The Morgan fingerprint density at radius 2 is 1.96 bits per heavy atom. The standard InChI is InChI=1S/C19H24N6O2/c1-22(17(26)12-24-8-3-4-9-24)15-6-5-14-7-10-25(16(14)11-15)19(27)18-20-13-21-23(18)2/h5-6,11,13H,3-4,7-10,12H2,1-2H3. The van der Waals surface area contributed by atoms with E-state index in [9.17, 15) is 9.59 Å². The molecule has 1 saturated heterocycles. The average Bonchev–Trinajstić information content (AvgIpc) is 3.40. The fourth-order valence-corrected chi connectivity index (χ4v) is 3.78. The number of hydrogen-bond acceptors (Lipinski definition) is 5. The van der Waals surface area contributed by atoms with Crippen LogP contribution in [0.25, 0.3) is 0 Å². The van der Waals surface area contributed by atoms with Gasteiger partial charge in [-0.15, -0.1) is 0 Å². The van der Waals surface area contributed by atoms with E-state index in [1.165, 1.54) is 11.0 Å². The van der Waals surface area contributed by atoms with E-state index in [2.05, 4.69) is 15.0 Å². The molecule has 0 spiro atoms. The summed E-state index contributed by atoms with van der Waals surface area (Å²) in [6, 6.07) is 5.89. The molecule has 8 nitrogen and oxygen atoms in total. The zero-order chi connectivity index (χ0) is 19.0. The van der Waals surface area contributed by atoms with Gasteiger partial charge in [0.05, 0.1) is 6.54 Å². The predicted octanol–water partition coefficient (Wildman–Crippen LogP) is 1.08. The number of fused-ring (bicyclic) bond motifs is 1. The number of amides is 2. The molecular formula is C19H24N6O2. The molecule has 0 radical (unpaired) electrons. The van der Waals surface area contributed by atoms with Gasteiger partial charge in [-0.05, 0) is 50.0 Å². The number of benzene rings is 1. The number of aromatic nitrogens is 3. The van der Waals surface area contributed by atoms with Crippen LogP contribution in [0.15, 0.2) is 24.5 Å². The second kappa shape index (κ2) is 7.11. The second-order valence-corrected chi connectivity index (χ2v) is 7.16. The molecule has 2 aliphatic heterocycles. The van der Waals surface area contributed by atoms with Crippen molar-refractivity contribution >= 4 is 23.2 Å². The highest BCUT2D eigenvalue weighted by atomic mass is 16.2. The van der Waals surface area contributed by atoms with Crippen molar-refractivity contribution in [2.24, 2.45) is 7.05 Å². The Bertz CT molecular complexity index is 871. The van der Waals surface area contributed by atoms with E-state index < -0.39 is 0 Å². The minimum Gasteiger partial charge on any atom is -0.314 e. The zero-order valence-corrected chi connectivity index (χ0v) is 15.8. The molecule has 2 aliphatic rings. The Labute approximate surface area is 158 Å². The van der Waals surface area contributed by atoms with Gasteiger partial charge in [-0.3, -0.25) is 14.5 Å². The molecule has 0 aliphatic carbocycles. The maximum absolute atomic E-state index is 12.9. The number of aryl methyl sites for hydroxylation is 1. The minimum atomic E-state index is -0.169. The molecule has 1 aromatic carbocycles. The lowest BCUT2D eigenvalue weighted by Crippen LogP contribution is -2.37. The Hall–Kier alpha value is -2.74. The number of likely N-dealkylation sites (N-methyl/N-ethyl adjacent to an activating group) is 1.